The van der Waals surface area contributed by atoms with Crippen molar-refractivity contribution < 1.29 is 0 Å². The van der Waals surface area contributed by atoms with Crippen molar-refractivity contribution in [2.75, 3.05) is 23.3 Å². The molecule has 0 atom stereocenters. The summed E-state index contributed by atoms with van der Waals surface area (Å²) >= 11 is 6.21. The summed E-state index contributed by atoms with van der Waals surface area (Å²) in [6.45, 7) is 2.24. The van der Waals surface area contributed by atoms with E-state index in [-0.39, 0.29) is 0 Å². The maximum atomic E-state index is 6.21. The molecule has 2 heterocycles. The van der Waals surface area contributed by atoms with Gasteiger partial charge in [-0.2, -0.15) is 0 Å². The van der Waals surface area contributed by atoms with E-state index in [0.717, 1.165) is 42.8 Å². The smallest absolute Gasteiger partial charge is 0.135 e. The van der Waals surface area contributed by atoms with E-state index in [2.05, 4.69) is 44.5 Å². The van der Waals surface area contributed by atoms with Crippen LogP contribution in [0, 0.1) is 5.92 Å². The molecule has 1 N–H and O–H groups in total. The zero-order valence-corrected chi connectivity index (χ0v) is 14.6. The molecule has 1 aromatic carbocycles. The normalized spacial score (nSPS) is 17.8. The zero-order chi connectivity index (χ0) is 16.4. The highest BCUT2D eigenvalue weighted by molar-refractivity contribution is 6.29. The van der Waals surface area contributed by atoms with Gasteiger partial charge in [0.15, 0.2) is 0 Å². The minimum Gasteiger partial charge on any atom is -0.370 e. The largest absolute Gasteiger partial charge is 0.370 e. The molecule has 5 heteroatoms. The van der Waals surface area contributed by atoms with E-state index >= 15 is 0 Å². The second-order valence-corrected chi connectivity index (χ2v) is 7.22. The SMILES string of the molecule is Clc1cc(Nc2ccccc2N2CCCCC2)nc(CC2CC2)n1. The van der Waals surface area contributed by atoms with Gasteiger partial charge in [0.2, 0.25) is 0 Å². The number of hydrogen-bond donors (Lipinski definition) is 1. The van der Waals surface area contributed by atoms with E-state index in [1.54, 1.807) is 0 Å². The fraction of sp³-hybridized carbons (Fsp3) is 0.474. The number of piperidine rings is 1. The topological polar surface area (TPSA) is 41.0 Å². The number of anilines is 3. The van der Waals surface area contributed by atoms with Crippen molar-refractivity contribution in [3.63, 3.8) is 0 Å². The van der Waals surface area contributed by atoms with Crippen molar-refractivity contribution in [3.05, 3.63) is 41.3 Å². The number of hydrogen-bond acceptors (Lipinski definition) is 4. The molecule has 1 saturated carbocycles. The van der Waals surface area contributed by atoms with E-state index in [9.17, 15) is 0 Å². The maximum Gasteiger partial charge on any atom is 0.135 e. The first kappa shape index (κ1) is 15.7. The molecule has 0 spiro atoms. The van der Waals surface area contributed by atoms with Gasteiger partial charge in [0, 0.05) is 25.6 Å². The number of nitrogens with zero attached hydrogens (tertiary/aromatic N) is 3. The molecular weight excluding hydrogens is 320 g/mol. The first-order valence-corrected chi connectivity index (χ1v) is 9.30. The van der Waals surface area contributed by atoms with Gasteiger partial charge in [0.05, 0.1) is 11.4 Å². The van der Waals surface area contributed by atoms with E-state index in [4.69, 9.17) is 11.6 Å². The van der Waals surface area contributed by atoms with E-state index < -0.39 is 0 Å². The number of nitrogens with one attached hydrogen (secondary N) is 1. The second kappa shape index (κ2) is 6.98. The Labute approximate surface area is 148 Å². The highest BCUT2D eigenvalue weighted by Gasteiger charge is 2.23. The molecule has 126 valence electrons. The highest BCUT2D eigenvalue weighted by atomic mass is 35.5. The van der Waals surface area contributed by atoms with Crippen LogP contribution in [0.1, 0.15) is 37.9 Å². The van der Waals surface area contributed by atoms with E-state index in [1.807, 2.05) is 6.07 Å². The van der Waals surface area contributed by atoms with Crippen LogP contribution < -0.4 is 10.2 Å². The lowest BCUT2D eigenvalue weighted by molar-refractivity contribution is 0.578. The van der Waals surface area contributed by atoms with Gasteiger partial charge in [-0.3, -0.25) is 0 Å². The third kappa shape index (κ3) is 3.81. The molecular formula is C19H23ClN4. The van der Waals surface area contributed by atoms with Crippen molar-refractivity contribution in [1.29, 1.82) is 0 Å². The number of benzene rings is 1. The monoisotopic (exact) mass is 342 g/mol. The molecule has 0 radical (unpaired) electrons. The Morgan fingerprint density at radius 1 is 1.08 bits per heavy atom. The number of para-hydroxylation sites is 2. The molecule has 0 amide bonds. The van der Waals surface area contributed by atoms with Gasteiger partial charge in [0.1, 0.15) is 16.8 Å². The quantitative estimate of drug-likeness (QED) is 0.791. The van der Waals surface area contributed by atoms with Crippen LogP contribution in [0.4, 0.5) is 17.2 Å². The lowest BCUT2D eigenvalue weighted by atomic mass is 10.1. The Bertz CT molecular complexity index is 708. The number of halogens is 1. The molecule has 0 unspecified atom stereocenters. The van der Waals surface area contributed by atoms with Crippen molar-refractivity contribution >= 4 is 28.8 Å². The molecule has 2 aromatic rings. The lowest BCUT2D eigenvalue weighted by Crippen LogP contribution is -2.29. The first-order chi connectivity index (χ1) is 11.8. The van der Waals surface area contributed by atoms with Crippen molar-refractivity contribution in [1.82, 2.24) is 9.97 Å². The van der Waals surface area contributed by atoms with Crippen molar-refractivity contribution in [2.45, 2.75) is 38.5 Å². The second-order valence-electron chi connectivity index (χ2n) is 6.83. The van der Waals surface area contributed by atoms with Gasteiger partial charge >= 0.3 is 0 Å². The van der Waals surface area contributed by atoms with Crippen LogP contribution in [0.3, 0.4) is 0 Å². The average molecular weight is 343 g/mol. The van der Waals surface area contributed by atoms with Gasteiger partial charge in [-0.15, -0.1) is 0 Å². The third-order valence-corrected chi connectivity index (χ3v) is 4.97. The highest BCUT2D eigenvalue weighted by Crippen LogP contribution is 2.33. The summed E-state index contributed by atoms with van der Waals surface area (Å²) in [5, 5.41) is 3.98. The van der Waals surface area contributed by atoms with Crippen LogP contribution in [0.5, 0.6) is 0 Å². The van der Waals surface area contributed by atoms with Crippen molar-refractivity contribution in [3.8, 4) is 0 Å². The van der Waals surface area contributed by atoms with Crippen LogP contribution >= 0.6 is 11.6 Å². The standard InChI is InChI=1S/C19H23ClN4/c20-17-13-19(23-18(22-17)12-14-8-9-14)21-15-6-2-3-7-16(15)24-10-4-1-5-11-24/h2-3,6-7,13-14H,1,4-5,8-12H2,(H,21,22,23). The predicted molar refractivity (Wildman–Crippen MR) is 99.3 cm³/mol. The number of aromatic nitrogens is 2. The van der Waals surface area contributed by atoms with E-state index in [0.29, 0.717) is 5.15 Å². The predicted octanol–water partition coefficient (Wildman–Crippen LogP) is 4.82. The summed E-state index contributed by atoms with van der Waals surface area (Å²) in [6, 6.07) is 10.3. The Morgan fingerprint density at radius 3 is 2.67 bits per heavy atom. The van der Waals surface area contributed by atoms with Crippen LogP contribution in [0.2, 0.25) is 5.15 Å². The zero-order valence-electron chi connectivity index (χ0n) is 13.8. The third-order valence-electron chi connectivity index (χ3n) is 4.77. The van der Waals surface area contributed by atoms with Crippen LogP contribution in [0.25, 0.3) is 0 Å². The molecule has 24 heavy (non-hydrogen) atoms. The van der Waals surface area contributed by atoms with Crippen molar-refractivity contribution in [2.24, 2.45) is 5.92 Å². The average Bonchev–Trinajstić information content (AvgIpc) is 3.39. The first-order valence-electron chi connectivity index (χ1n) is 8.92. The molecule has 2 aliphatic rings. The molecule has 1 aliphatic heterocycles. The lowest BCUT2D eigenvalue weighted by Gasteiger charge is -2.30. The number of rotatable bonds is 5. The Kier molecular flexibility index (Phi) is 4.56. The fourth-order valence-corrected chi connectivity index (χ4v) is 3.53. The molecule has 2 fully saturated rings. The Balaban J connectivity index is 1.57. The Hall–Kier alpha value is -1.81. The molecule has 1 aromatic heterocycles. The molecule has 4 nitrogen and oxygen atoms in total. The van der Waals surface area contributed by atoms with Crippen LogP contribution in [0.15, 0.2) is 30.3 Å². The summed E-state index contributed by atoms with van der Waals surface area (Å²) in [5.74, 6) is 2.38. The van der Waals surface area contributed by atoms with E-state index in [1.165, 1.54) is 37.8 Å². The van der Waals surface area contributed by atoms with Gasteiger partial charge in [-0.05, 0) is 50.2 Å². The molecule has 1 saturated heterocycles. The Morgan fingerprint density at radius 2 is 1.88 bits per heavy atom. The van der Waals surface area contributed by atoms with Crippen LogP contribution in [-0.4, -0.2) is 23.1 Å². The van der Waals surface area contributed by atoms with Gasteiger partial charge in [-0.25, -0.2) is 9.97 Å². The maximum absolute atomic E-state index is 6.21. The molecule has 1 aliphatic carbocycles. The summed E-state index contributed by atoms with van der Waals surface area (Å²) in [5.41, 5.74) is 2.34. The molecule has 0 bridgehead atoms. The molecule has 4 rings (SSSR count). The summed E-state index contributed by atoms with van der Waals surface area (Å²) in [4.78, 5) is 11.5. The van der Waals surface area contributed by atoms with Crippen LogP contribution in [-0.2, 0) is 6.42 Å². The summed E-state index contributed by atoms with van der Waals surface area (Å²) in [6.07, 6.45) is 7.37. The fourth-order valence-electron chi connectivity index (χ4n) is 3.33. The minimum absolute atomic E-state index is 0.513. The summed E-state index contributed by atoms with van der Waals surface area (Å²) in [7, 11) is 0. The van der Waals surface area contributed by atoms with Gasteiger partial charge in [0.25, 0.3) is 0 Å². The van der Waals surface area contributed by atoms with Gasteiger partial charge < -0.3 is 10.2 Å². The van der Waals surface area contributed by atoms with Gasteiger partial charge in [-0.1, -0.05) is 23.7 Å². The minimum atomic E-state index is 0.513. The summed E-state index contributed by atoms with van der Waals surface area (Å²) < 4.78 is 0.